The Balaban J connectivity index is 1.99. The molecule has 1 heterocycles. The number of esters is 1. The minimum Gasteiger partial charge on any atom is -0.468 e. The lowest BCUT2D eigenvalue weighted by Gasteiger charge is -2.13. The van der Waals surface area contributed by atoms with Crippen LogP contribution in [0.5, 0.6) is 0 Å². The molecule has 0 amide bonds. The molecule has 4 atom stereocenters. The van der Waals surface area contributed by atoms with E-state index in [1.165, 1.54) is 7.11 Å². The maximum atomic E-state index is 11.1. The average Bonchev–Trinajstić information content (AvgIpc) is 2.49. The number of carbonyl (C=O) groups is 1. The van der Waals surface area contributed by atoms with Gasteiger partial charge < -0.3 is 10.1 Å². The van der Waals surface area contributed by atoms with E-state index in [4.69, 9.17) is 0 Å². The molecule has 2 rings (SSSR count). The van der Waals surface area contributed by atoms with Crippen molar-refractivity contribution >= 4 is 5.97 Å². The van der Waals surface area contributed by atoms with E-state index in [9.17, 15) is 4.79 Å². The lowest BCUT2D eigenvalue weighted by Crippen LogP contribution is -2.35. The van der Waals surface area contributed by atoms with E-state index in [1.807, 2.05) is 0 Å². The highest BCUT2D eigenvalue weighted by atomic mass is 16.5. The quantitative estimate of drug-likeness (QED) is 0.582. The molecule has 0 bridgehead atoms. The van der Waals surface area contributed by atoms with E-state index < -0.39 is 0 Å². The summed E-state index contributed by atoms with van der Waals surface area (Å²) in [6.45, 7) is 4.46. The molecule has 68 valence electrons. The zero-order valence-corrected chi connectivity index (χ0v) is 7.76. The molecule has 12 heavy (non-hydrogen) atoms. The van der Waals surface area contributed by atoms with Crippen molar-refractivity contribution in [1.82, 2.24) is 5.32 Å². The Morgan fingerprint density at radius 2 is 2.33 bits per heavy atom. The van der Waals surface area contributed by atoms with Crippen LogP contribution < -0.4 is 5.32 Å². The summed E-state index contributed by atoms with van der Waals surface area (Å²) in [5, 5.41) is 3.29. The first-order chi connectivity index (χ1) is 5.59. The van der Waals surface area contributed by atoms with Crippen LogP contribution in [0.15, 0.2) is 0 Å². The van der Waals surface area contributed by atoms with Gasteiger partial charge in [-0.1, -0.05) is 13.8 Å². The Morgan fingerprint density at radius 3 is 2.75 bits per heavy atom. The predicted octanol–water partition coefficient (Wildman–Crippen LogP) is 0.546. The summed E-state index contributed by atoms with van der Waals surface area (Å²) in [5.41, 5.74) is 0.360. The van der Waals surface area contributed by atoms with Crippen molar-refractivity contribution in [3.63, 3.8) is 0 Å². The molecular weight excluding hydrogens is 154 g/mol. The Kier molecular flexibility index (Phi) is 1.49. The number of hydrogen-bond donors (Lipinski definition) is 1. The zero-order valence-electron chi connectivity index (χ0n) is 7.76. The fourth-order valence-corrected chi connectivity index (χ4v) is 2.45. The van der Waals surface area contributed by atoms with E-state index in [2.05, 4.69) is 23.9 Å². The van der Waals surface area contributed by atoms with Gasteiger partial charge in [-0.05, 0) is 17.8 Å². The molecule has 0 aromatic rings. The van der Waals surface area contributed by atoms with Gasteiger partial charge in [-0.3, -0.25) is 4.79 Å². The van der Waals surface area contributed by atoms with Crippen LogP contribution >= 0.6 is 0 Å². The van der Waals surface area contributed by atoms with Gasteiger partial charge in [0.1, 0.15) is 6.04 Å². The molecular formula is C9H15NO2. The van der Waals surface area contributed by atoms with Crippen LogP contribution in [-0.2, 0) is 9.53 Å². The molecule has 1 aliphatic heterocycles. The number of methoxy groups -OCH3 is 1. The Bertz CT molecular complexity index is 229. The second-order valence-electron chi connectivity index (χ2n) is 4.22. The molecule has 0 radical (unpaired) electrons. The Morgan fingerprint density at radius 1 is 1.67 bits per heavy atom. The largest absolute Gasteiger partial charge is 0.468 e. The van der Waals surface area contributed by atoms with Gasteiger partial charge in [0.2, 0.25) is 0 Å². The van der Waals surface area contributed by atoms with Gasteiger partial charge in [-0.15, -0.1) is 0 Å². The number of piperidine rings is 1. The van der Waals surface area contributed by atoms with Crippen LogP contribution in [-0.4, -0.2) is 25.2 Å². The third kappa shape index (κ3) is 0.829. The highest BCUT2D eigenvalue weighted by molar-refractivity contribution is 5.76. The second-order valence-corrected chi connectivity index (χ2v) is 4.22. The third-order valence-electron chi connectivity index (χ3n) is 3.65. The van der Waals surface area contributed by atoms with Crippen LogP contribution in [0.25, 0.3) is 0 Å². The van der Waals surface area contributed by atoms with Crippen LogP contribution in [0.4, 0.5) is 0 Å². The summed E-state index contributed by atoms with van der Waals surface area (Å²) >= 11 is 0. The van der Waals surface area contributed by atoms with E-state index in [-0.39, 0.29) is 12.0 Å². The minimum absolute atomic E-state index is 0.0544. The van der Waals surface area contributed by atoms with Crippen molar-refractivity contribution in [1.29, 1.82) is 0 Å². The number of nitrogens with one attached hydrogen (secondary N) is 1. The normalized spacial score (nSPS) is 50.1. The molecule has 1 N–H and O–H groups in total. The summed E-state index contributed by atoms with van der Waals surface area (Å²) < 4.78 is 4.68. The lowest BCUT2D eigenvalue weighted by molar-refractivity contribution is -0.143. The van der Waals surface area contributed by atoms with Gasteiger partial charge in [0.05, 0.1) is 7.11 Å². The number of hydrogen-bond acceptors (Lipinski definition) is 3. The average molecular weight is 169 g/mol. The first-order valence-electron chi connectivity index (χ1n) is 4.43. The van der Waals surface area contributed by atoms with E-state index in [1.54, 1.807) is 0 Å². The molecule has 1 saturated carbocycles. The van der Waals surface area contributed by atoms with Crippen LogP contribution in [0.2, 0.25) is 0 Å². The van der Waals surface area contributed by atoms with Gasteiger partial charge >= 0.3 is 5.97 Å². The van der Waals surface area contributed by atoms with Gasteiger partial charge in [-0.25, -0.2) is 0 Å². The molecule has 0 spiro atoms. The molecule has 1 saturated heterocycles. The van der Waals surface area contributed by atoms with E-state index in [0.29, 0.717) is 11.5 Å². The van der Waals surface area contributed by atoms with Crippen LogP contribution in [0.3, 0.4) is 0 Å². The van der Waals surface area contributed by atoms with Gasteiger partial charge in [0, 0.05) is 6.04 Å². The number of fused-ring (bicyclic) bond motifs is 1. The minimum atomic E-state index is -0.115. The van der Waals surface area contributed by atoms with Gasteiger partial charge in [0.15, 0.2) is 0 Å². The molecule has 2 aliphatic rings. The Hall–Kier alpha value is -0.570. The standard InChI is InChI=1S/C9H15NO2/c1-5-7-9(5,2)4-6(10-7)8(11)12-3/h5-7,10H,4H2,1-3H3/t5-,6?,7+,9-/m1/s1. The lowest BCUT2D eigenvalue weighted by atomic mass is 9.99. The third-order valence-corrected chi connectivity index (χ3v) is 3.65. The van der Waals surface area contributed by atoms with Crippen molar-refractivity contribution in [2.24, 2.45) is 11.3 Å². The summed E-state index contributed by atoms with van der Waals surface area (Å²) in [4.78, 5) is 11.1. The molecule has 0 aromatic carbocycles. The molecule has 0 aromatic heterocycles. The number of rotatable bonds is 1. The molecule has 1 unspecified atom stereocenters. The van der Waals surface area contributed by atoms with Crippen LogP contribution in [0.1, 0.15) is 20.3 Å². The molecule has 3 heteroatoms. The van der Waals surface area contributed by atoms with Gasteiger partial charge in [-0.2, -0.15) is 0 Å². The van der Waals surface area contributed by atoms with Crippen molar-refractivity contribution in [3.8, 4) is 0 Å². The monoisotopic (exact) mass is 169 g/mol. The Labute approximate surface area is 72.5 Å². The van der Waals surface area contributed by atoms with E-state index >= 15 is 0 Å². The van der Waals surface area contributed by atoms with Crippen molar-refractivity contribution in [2.75, 3.05) is 7.11 Å². The highest BCUT2D eigenvalue weighted by Crippen LogP contribution is 2.59. The topological polar surface area (TPSA) is 38.3 Å². The summed E-state index contributed by atoms with van der Waals surface area (Å²) in [6, 6.07) is 0.489. The first-order valence-corrected chi connectivity index (χ1v) is 4.43. The zero-order chi connectivity index (χ0) is 8.93. The first kappa shape index (κ1) is 8.05. The molecule has 1 aliphatic carbocycles. The SMILES string of the molecule is COC(=O)C1C[C@]2(C)[C@H](C)[C@@H]2N1. The summed E-state index contributed by atoms with van der Waals surface area (Å²) in [6.07, 6.45) is 0.936. The van der Waals surface area contributed by atoms with Crippen molar-refractivity contribution in [2.45, 2.75) is 32.4 Å². The number of carbonyl (C=O) groups excluding carboxylic acids is 1. The van der Waals surface area contributed by atoms with Gasteiger partial charge in [0.25, 0.3) is 0 Å². The van der Waals surface area contributed by atoms with Crippen LogP contribution in [0, 0.1) is 11.3 Å². The summed E-state index contributed by atoms with van der Waals surface area (Å²) in [7, 11) is 1.44. The molecule has 2 fully saturated rings. The maximum Gasteiger partial charge on any atom is 0.322 e. The maximum absolute atomic E-state index is 11.1. The smallest absolute Gasteiger partial charge is 0.322 e. The second kappa shape index (κ2) is 2.22. The van der Waals surface area contributed by atoms with Crippen molar-refractivity contribution < 1.29 is 9.53 Å². The van der Waals surface area contributed by atoms with E-state index in [0.717, 1.165) is 12.3 Å². The predicted molar refractivity (Wildman–Crippen MR) is 44.6 cm³/mol. The highest BCUT2D eigenvalue weighted by Gasteiger charge is 2.64. The number of ether oxygens (including phenoxy) is 1. The fraction of sp³-hybridized carbons (Fsp3) is 0.889. The fourth-order valence-electron chi connectivity index (χ4n) is 2.45. The van der Waals surface area contributed by atoms with Crippen molar-refractivity contribution in [3.05, 3.63) is 0 Å². The summed E-state index contributed by atoms with van der Waals surface area (Å²) in [5.74, 6) is 0.606. The molecule has 3 nitrogen and oxygen atoms in total.